The van der Waals surface area contributed by atoms with Gasteiger partial charge in [0.15, 0.2) is 11.5 Å². The van der Waals surface area contributed by atoms with E-state index in [0.717, 1.165) is 70.9 Å². The average molecular weight is 463 g/mol. The van der Waals surface area contributed by atoms with Gasteiger partial charge in [0.25, 0.3) is 0 Å². The first-order valence-corrected chi connectivity index (χ1v) is 11.9. The first kappa shape index (κ1) is 21.3. The highest BCUT2D eigenvalue weighted by molar-refractivity contribution is 5.88. The van der Waals surface area contributed by atoms with Crippen LogP contribution in [0.25, 0.3) is 39.2 Å². The Balaban J connectivity index is 1.58. The van der Waals surface area contributed by atoms with Gasteiger partial charge >= 0.3 is 0 Å². The van der Waals surface area contributed by atoms with Crippen molar-refractivity contribution >= 4 is 22.5 Å². The van der Waals surface area contributed by atoms with Gasteiger partial charge in [-0.3, -0.25) is 4.40 Å². The molecule has 8 heteroatoms. The summed E-state index contributed by atoms with van der Waals surface area (Å²) in [5.41, 5.74) is 7.29. The molecule has 0 aliphatic carbocycles. The molecule has 0 radical (unpaired) electrons. The normalized spacial score (nSPS) is 14.6. The number of imidazole rings is 2. The summed E-state index contributed by atoms with van der Waals surface area (Å²) in [7, 11) is 4.03. The molecular formula is C27H26N8. The lowest BCUT2D eigenvalue weighted by molar-refractivity contribution is 0.441. The molecule has 0 amide bonds. The van der Waals surface area contributed by atoms with Crippen LogP contribution in [-0.2, 0) is 7.05 Å². The Morgan fingerprint density at radius 3 is 2.54 bits per heavy atom. The topological polar surface area (TPSA) is 87.1 Å². The Kier molecular flexibility index (Phi) is 5.20. The van der Waals surface area contributed by atoms with Gasteiger partial charge in [-0.1, -0.05) is 18.2 Å². The van der Waals surface area contributed by atoms with Gasteiger partial charge in [-0.15, -0.1) is 0 Å². The Hall–Kier alpha value is -4.22. The minimum atomic E-state index is 0.532. The standard InChI is InChI=1S/C27H26N8/c1-29-21-9-12-34(13-10-21)27-26-30-11-14-35(26)25(20-7-8-23-22(15-20)31-17-33(23)2)24(32-27)19-5-3-18(16-28)4-6-19/h3-8,11,14-15,17,21,29H,9-10,12-13H2,1-2H3. The molecule has 8 nitrogen and oxygen atoms in total. The first-order chi connectivity index (χ1) is 17.2. The Bertz CT molecular complexity index is 1560. The van der Waals surface area contributed by atoms with E-state index in [2.05, 4.69) is 43.9 Å². The number of fused-ring (bicyclic) bond motifs is 2. The van der Waals surface area contributed by atoms with Crippen molar-refractivity contribution in [3.63, 3.8) is 0 Å². The van der Waals surface area contributed by atoms with E-state index in [9.17, 15) is 5.26 Å². The molecule has 0 spiro atoms. The van der Waals surface area contributed by atoms with Crippen molar-refractivity contribution in [3.05, 3.63) is 66.7 Å². The van der Waals surface area contributed by atoms with Crippen LogP contribution < -0.4 is 10.2 Å². The first-order valence-electron chi connectivity index (χ1n) is 11.9. The Morgan fingerprint density at radius 2 is 1.80 bits per heavy atom. The van der Waals surface area contributed by atoms with Crippen molar-refractivity contribution in [1.82, 2.24) is 29.2 Å². The molecule has 0 atom stereocenters. The number of rotatable bonds is 4. The molecule has 2 aromatic carbocycles. The van der Waals surface area contributed by atoms with Crippen molar-refractivity contribution in [2.24, 2.45) is 7.05 Å². The third-order valence-corrected chi connectivity index (χ3v) is 7.01. The number of nitriles is 1. The van der Waals surface area contributed by atoms with Gasteiger partial charge in [0.05, 0.1) is 40.4 Å². The molecule has 0 saturated carbocycles. The summed E-state index contributed by atoms with van der Waals surface area (Å²) in [4.78, 5) is 16.9. The zero-order valence-corrected chi connectivity index (χ0v) is 19.8. The summed E-state index contributed by atoms with van der Waals surface area (Å²) in [5.74, 6) is 0.895. The quantitative estimate of drug-likeness (QED) is 0.434. The summed E-state index contributed by atoms with van der Waals surface area (Å²) >= 11 is 0. The molecule has 0 unspecified atom stereocenters. The van der Waals surface area contributed by atoms with Crippen molar-refractivity contribution in [2.75, 3.05) is 25.0 Å². The number of anilines is 1. The molecular weight excluding hydrogens is 436 g/mol. The van der Waals surface area contributed by atoms with Crippen LogP contribution in [-0.4, -0.2) is 50.1 Å². The van der Waals surface area contributed by atoms with Crippen LogP contribution in [0.15, 0.2) is 61.2 Å². The molecule has 35 heavy (non-hydrogen) atoms. The van der Waals surface area contributed by atoms with Gasteiger partial charge in [0.2, 0.25) is 0 Å². The summed E-state index contributed by atoms with van der Waals surface area (Å²) in [5, 5.41) is 12.7. The highest BCUT2D eigenvalue weighted by atomic mass is 15.2. The van der Waals surface area contributed by atoms with Gasteiger partial charge in [0.1, 0.15) is 0 Å². The van der Waals surface area contributed by atoms with E-state index < -0.39 is 0 Å². The van der Waals surface area contributed by atoms with Crippen molar-refractivity contribution in [3.8, 4) is 28.6 Å². The lowest BCUT2D eigenvalue weighted by Gasteiger charge is -2.33. The monoisotopic (exact) mass is 462 g/mol. The third kappa shape index (κ3) is 3.61. The molecule has 4 heterocycles. The number of hydrogen-bond donors (Lipinski definition) is 1. The maximum absolute atomic E-state index is 9.31. The smallest absolute Gasteiger partial charge is 0.180 e. The van der Waals surface area contributed by atoms with Crippen LogP contribution in [0.1, 0.15) is 18.4 Å². The predicted octanol–water partition coefficient (Wildman–Crippen LogP) is 4.01. The fourth-order valence-corrected chi connectivity index (χ4v) is 5.03. The van der Waals surface area contributed by atoms with Gasteiger partial charge in [-0.05, 0) is 44.2 Å². The minimum absolute atomic E-state index is 0.532. The van der Waals surface area contributed by atoms with Gasteiger partial charge in [-0.2, -0.15) is 5.26 Å². The number of aryl methyl sites for hydroxylation is 1. The fraction of sp³-hybridized carbons (Fsp3) is 0.259. The Labute approximate surface area is 203 Å². The largest absolute Gasteiger partial charge is 0.353 e. The van der Waals surface area contributed by atoms with E-state index >= 15 is 0 Å². The molecule has 6 rings (SSSR count). The molecule has 1 saturated heterocycles. The number of aromatic nitrogens is 5. The zero-order valence-electron chi connectivity index (χ0n) is 19.8. The van der Waals surface area contributed by atoms with Crippen LogP contribution in [0.5, 0.6) is 0 Å². The summed E-state index contributed by atoms with van der Waals surface area (Å²) < 4.78 is 4.16. The molecule has 174 valence electrons. The van der Waals surface area contributed by atoms with E-state index in [4.69, 9.17) is 9.97 Å². The number of nitrogens with zero attached hydrogens (tertiary/aromatic N) is 7. The van der Waals surface area contributed by atoms with Crippen molar-refractivity contribution < 1.29 is 0 Å². The molecule has 5 aromatic rings. The lowest BCUT2D eigenvalue weighted by atomic mass is 10.0. The van der Waals surface area contributed by atoms with E-state index in [1.54, 1.807) is 0 Å². The molecule has 1 fully saturated rings. The minimum Gasteiger partial charge on any atom is -0.353 e. The highest BCUT2D eigenvalue weighted by Crippen LogP contribution is 2.36. The van der Waals surface area contributed by atoms with Gasteiger partial charge in [0, 0.05) is 49.7 Å². The molecule has 1 aliphatic rings. The summed E-state index contributed by atoms with van der Waals surface area (Å²) in [6.07, 6.45) is 7.81. The maximum atomic E-state index is 9.31. The van der Waals surface area contributed by atoms with Crippen LogP contribution in [0.2, 0.25) is 0 Å². The van der Waals surface area contributed by atoms with E-state index in [-0.39, 0.29) is 0 Å². The number of piperidine rings is 1. The van der Waals surface area contributed by atoms with Crippen molar-refractivity contribution in [1.29, 1.82) is 5.26 Å². The maximum Gasteiger partial charge on any atom is 0.180 e. The molecule has 1 aliphatic heterocycles. The number of nitrogens with one attached hydrogen (secondary N) is 1. The van der Waals surface area contributed by atoms with E-state index in [1.165, 1.54) is 0 Å². The Morgan fingerprint density at radius 1 is 1.03 bits per heavy atom. The van der Waals surface area contributed by atoms with Crippen LogP contribution >= 0.6 is 0 Å². The lowest BCUT2D eigenvalue weighted by Crippen LogP contribution is -2.41. The predicted molar refractivity (Wildman–Crippen MR) is 137 cm³/mol. The zero-order chi connectivity index (χ0) is 23.9. The number of hydrogen-bond acceptors (Lipinski definition) is 6. The summed E-state index contributed by atoms with van der Waals surface area (Å²) in [6.45, 7) is 1.85. The van der Waals surface area contributed by atoms with Crippen molar-refractivity contribution in [2.45, 2.75) is 18.9 Å². The second-order valence-corrected chi connectivity index (χ2v) is 9.05. The molecule has 0 bridgehead atoms. The average Bonchev–Trinajstić information content (AvgIpc) is 3.55. The third-order valence-electron chi connectivity index (χ3n) is 7.01. The fourth-order valence-electron chi connectivity index (χ4n) is 5.03. The second-order valence-electron chi connectivity index (χ2n) is 9.05. The number of benzene rings is 2. The van der Waals surface area contributed by atoms with Gasteiger partial charge < -0.3 is 14.8 Å². The van der Waals surface area contributed by atoms with E-state index in [0.29, 0.717) is 11.6 Å². The highest BCUT2D eigenvalue weighted by Gasteiger charge is 2.25. The van der Waals surface area contributed by atoms with Crippen LogP contribution in [0.3, 0.4) is 0 Å². The molecule has 3 aromatic heterocycles. The second kappa shape index (κ2) is 8.53. The molecule has 1 N–H and O–H groups in total. The van der Waals surface area contributed by atoms with Crippen LogP contribution in [0.4, 0.5) is 5.82 Å². The van der Waals surface area contributed by atoms with Crippen LogP contribution in [0, 0.1) is 11.3 Å². The van der Waals surface area contributed by atoms with E-state index in [1.807, 2.05) is 61.6 Å². The summed E-state index contributed by atoms with van der Waals surface area (Å²) in [6, 6.07) is 16.7. The van der Waals surface area contributed by atoms with Gasteiger partial charge in [-0.25, -0.2) is 15.0 Å². The SMILES string of the molecule is CNC1CCN(c2nc(-c3ccc(C#N)cc3)c(-c3ccc4c(c3)ncn4C)n3ccnc23)CC1.